The van der Waals surface area contributed by atoms with Crippen LogP contribution in [0.4, 0.5) is 4.79 Å². The second-order valence-electron chi connectivity index (χ2n) is 9.21. The fraction of sp³-hybridized carbons (Fsp3) is 0.913. The Bertz CT molecular complexity index is 539. The van der Waals surface area contributed by atoms with Crippen molar-refractivity contribution in [2.45, 2.75) is 94.9 Å². The van der Waals surface area contributed by atoms with Crippen molar-refractivity contribution < 1.29 is 9.59 Å². The van der Waals surface area contributed by atoms with Gasteiger partial charge in [0.1, 0.15) is 0 Å². The van der Waals surface area contributed by atoms with E-state index in [1.54, 1.807) is 0 Å². The number of amides is 3. The normalized spacial score (nSPS) is 26.5. The molecule has 0 aromatic heterocycles. The Balaban J connectivity index is 1.19. The van der Waals surface area contributed by atoms with Gasteiger partial charge in [-0.3, -0.25) is 9.69 Å². The largest absolute Gasteiger partial charge is 0.340 e. The zero-order valence-electron chi connectivity index (χ0n) is 18.9. The summed E-state index contributed by atoms with van der Waals surface area (Å²) in [6.07, 6.45) is 13.3. The van der Waals surface area contributed by atoms with Gasteiger partial charge < -0.3 is 15.5 Å². The molecule has 7 heteroatoms. The van der Waals surface area contributed by atoms with Crippen LogP contribution in [0.5, 0.6) is 0 Å². The van der Waals surface area contributed by atoms with Gasteiger partial charge in [0.05, 0.1) is 12.1 Å². The Labute approximate surface area is 187 Å². The summed E-state index contributed by atoms with van der Waals surface area (Å²) in [5, 5.41) is 6.54. The number of hydrogen-bond donors (Lipinski definition) is 2. The van der Waals surface area contributed by atoms with Crippen LogP contribution < -0.4 is 10.6 Å². The van der Waals surface area contributed by atoms with E-state index in [1.165, 1.54) is 51.5 Å². The first-order valence-electron chi connectivity index (χ1n) is 12.4. The van der Waals surface area contributed by atoms with Crippen molar-refractivity contribution in [1.29, 1.82) is 0 Å². The first kappa shape index (κ1) is 23.7. The summed E-state index contributed by atoms with van der Waals surface area (Å²) in [6, 6.07) is 0.561. The van der Waals surface area contributed by atoms with Crippen molar-refractivity contribution in [3.8, 4) is 0 Å². The van der Waals surface area contributed by atoms with Crippen LogP contribution in [0.2, 0.25) is 0 Å². The number of hydrogen-bond acceptors (Lipinski definition) is 4. The number of nitrogens with one attached hydrogen (secondary N) is 2. The topological polar surface area (TPSA) is 64.7 Å². The molecule has 3 aliphatic rings. The number of nitrogens with zero attached hydrogens (tertiary/aromatic N) is 2. The molecule has 0 aliphatic carbocycles. The van der Waals surface area contributed by atoms with E-state index in [1.807, 2.05) is 11.8 Å². The van der Waals surface area contributed by atoms with Crippen molar-refractivity contribution in [1.82, 2.24) is 20.4 Å². The molecule has 3 saturated heterocycles. The van der Waals surface area contributed by atoms with Crippen molar-refractivity contribution in [3.05, 3.63) is 0 Å². The van der Waals surface area contributed by atoms with E-state index in [2.05, 4.69) is 27.4 Å². The number of piperazine rings is 1. The first-order chi connectivity index (χ1) is 14.7. The van der Waals surface area contributed by atoms with Gasteiger partial charge in [0.25, 0.3) is 0 Å². The zero-order valence-corrected chi connectivity index (χ0v) is 19.7. The van der Waals surface area contributed by atoms with Crippen molar-refractivity contribution >= 4 is 23.7 Å². The highest BCUT2D eigenvalue weighted by Gasteiger charge is 2.42. The van der Waals surface area contributed by atoms with Crippen LogP contribution in [0, 0.1) is 0 Å². The number of carbonyl (C=O) groups excluding carboxylic acids is 2. The molecule has 0 saturated carbocycles. The smallest absolute Gasteiger partial charge is 0.315 e. The van der Waals surface area contributed by atoms with Gasteiger partial charge in [-0.2, -0.15) is 11.8 Å². The molecule has 2 N–H and O–H groups in total. The summed E-state index contributed by atoms with van der Waals surface area (Å²) in [5.74, 6) is 1.34. The maximum Gasteiger partial charge on any atom is 0.315 e. The van der Waals surface area contributed by atoms with Crippen LogP contribution >= 0.6 is 11.8 Å². The third kappa shape index (κ3) is 7.33. The lowest BCUT2D eigenvalue weighted by Crippen LogP contribution is -2.48. The maximum absolute atomic E-state index is 12.5. The standard InChI is InChI=1S/C23H42N4O2S/c1-2-3-4-5-6-7-10-13-26-14-16-27(17-15-26)21(28)12-9-8-11-20-22-19(18-30-20)24-23(29)25-22/h19-20,22H,2-18H2,1H3,(H2,24,25,29). The molecule has 3 amide bonds. The Hall–Kier alpha value is -0.950. The van der Waals surface area contributed by atoms with Gasteiger partial charge in [-0.25, -0.2) is 4.79 Å². The Kier molecular flexibility index (Phi) is 10.1. The van der Waals surface area contributed by atoms with E-state index in [0.29, 0.717) is 23.6 Å². The van der Waals surface area contributed by atoms with E-state index in [0.717, 1.165) is 51.2 Å². The minimum atomic E-state index is -0.0170. The van der Waals surface area contributed by atoms with Gasteiger partial charge in [-0.1, -0.05) is 51.9 Å². The molecule has 3 aliphatic heterocycles. The third-order valence-corrected chi connectivity index (χ3v) is 8.38. The van der Waals surface area contributed by atoms with Crippen LogP contribution in [0.15, 0.2) is 0 Å². The van der Waals surface area contributed by atoms with E-state index in [4.69, 9.17) is 0 Å². The molecule has 3 heterocycles. The fourth-order valence-electron chi connectivity index (χ4n) is 4.94. The number of rotatable bonds is 13. The van der Waals surface area contributed by atoms with E-state index in [-0.39, 0.29) is 12.1 Å². The van der Waals surface area contributed by atoms with E-state index < -0.39 is 0 Å². The summed E-state index contributed by atoms with van der Waals surface area (Å²) < 4.78 is 0. The molecule has 30 heavy (non-hydrogen) atoms. The Morgan fingerprint density at radius 3 is 2.47 bits per heavy atom. The average molecular weight is 439 g/mol. The second kappa shape index (κ2) is 12.8. The van der Waals surface area contributed by atoms with Gasteiger partial charge >= 0.3 is 6.03 Å². The van der Waals surface area contributed by atoms with Gasteiger partial charge in [0.2, 0.25) is 5.91 Å². The third-order valence-electron chi connectivity index (χ3n) is 6.87. The minimum Gasteiger partial charge on any atom is -0.340 e. The predicted octanol–water partition coefficient (Wildman–Crippen LogP) is 3.61. The number of thioether (sulfide) groups is 1. The van der Waals surface area contributed by atoms with Crippen molar-refractivity contribution in [2.24, 2.45) is 0 Å². The van der Waals surface area contributed by atoms with Crippen LogP contribution in [0.3, 0.4) is 0 Å². The monoisotopic (exact) mass is 438 g/mol. The Morgan fingerprint density at radius 2 is 1.70 bits per heavy atom. The summed E-state index contributed by atoms with van der Waals surface area (Å²) in [6.45, 7) is 7.34. The molecule has 0 aromatic rings. The molecule has 0 aromatic carbocycles. The number of carbonyl (C=O) groups is 2. The van der Waals surface area contributed by atoms with Crippen molar-refractivity contribution in [2.75, 3.05) is 38.5 Å². The van der Waals surface area contributed by atoms with Gasteiger partial charge in [0.15, 0.2) is 0 Å². The number of fused-ring (bicyclic) bond motifs is 1. The van der Waals surface area contributed by atoms with E-state index in [9.17, 15) is 9.59 Å². The molecule has 172 valence electrons. The van der Waals surface area contributed by atoms with E-state index >= 15 is 0 Å². The molecule has 3 fully saturated rings. The number of unbranched alkanes of at least 4 members (excludes halogenated alkanes) is 7. The molecule has 3 atom stereocenters. The predicted molar refractivity (Wildman–Crippen MR) is 125 cm³/mol. The molecule has 0 bridgehead atoms. The summed E-state index contributed by atoms with van der Waals surface area (Å²) in [5.41, 5.74) is 0. The lowest BCUT2D eigenvalue weighted by atomic mass is 10.0. The SMILES string of the molecule is CCCCCCCCCN1CCN(C(=O)CCCCC2SCC3NC(=O)NC32)CC1. The zero-order chi connectivity index (χ0) is 21.2. The van der Waals surface area contributed by atoms with Crippen LogP contribution in [0.25, 0.3) is 0 Å². The quantitative estimate of drug-likeness (QED) is 0.341. The fourth-order valence-corrected chi connectivity index (χ4v) is 6.48. The van der Waals surface area contributed by atoms with Crippen LogP contribution in [-0.2, 0) is 4.79 Å². The Morgan fingerprint density at radius 1 is 0.967 bits per heavy atom. The summed E-state index contributed by atoms with van der Waals surface area (Å²) >= 11 is 1.96. The molecule has 3 unspecified atom stereocenters. The molecular weight excluding hydrogens is 396 g/mol. The highest BCUT2D eigenvalue weighted by molar-refractivity contribution is 8.00. The van der Waals surface area contributed by atoms with Crippen LogP contribution in [-0.4, -0.2) is 77.5 Å². The summed E-state index contributed by atoms with van der Waals surface area (Å²) in [4.78, 5) is 28.6. The van der Waals surface area contributed by atoms with Gasteiger partial charge in [-0.05, 0) is 25.8 Å². The molecule has 0 radical (unpaired) electrons. The minimum absolute atomic E-state index is 0.0170. The van der Waals surface area contributed by atoms with Crippen LogP contribution in [0.1, 0.15) is 77.6 Å². The average Bonchev–Trinajstić information content (AvgIpc) is 3.30. The highest BCUT2D eigenvalue weighted by Crippen LogP contribution is 2.33. The molecular formula is C23H42N4O2S. The highest BCUT2D eigenvalue weighted by atomic mass is 32.2. The lowest BCUT2D eigenvalue weighted by molar-refractivity contribution is -0.133. The first-order valence-corrected chi connectivity index (χ1v) is 13.4. The van der Waals surface area contributed by atoms with Gasteiger partial charge in [-0.15, -0.1) is 0 Å². The van der Waals surface area contributed by atoms with Gasteiger partial charge in [0, 0.05) is 43.6 Å². The molecule has 0 spiro atoms. The maximum atomic E-state index is 12.5. The number of urea groups is 1. The molecule has 3 rings (SSSR count). The second-order valence-corrected chi connectivity index (χ2v) is 10.5. The lowest BCUT2D eigenvalue weighted by Gasteiger charge is -2.34. The summed E-state index contributed by atoms with van der Waals surface area (Å²) in [7, 11) is 0. The molecule has 6 nitrogen and oxygen atoms in total. The van der Waals surface area contributed by atoms with Crippen molar-refractivity contribution in [3.63, 3.8) is 0 Å².